The molecule has 2 atom stereocenters. The minimum atomic E-state index is -1.14. The lowest BCUT2D eigenvalue weighted by atomic mass is 9.86. The Morgan fingerprint density at radius 3 is 2.50 bits per heavy atom. The standard InChI is InChI=1S/C19H21ClN2O6/c1-5-28-19(26)14-15(27-4)17(23)22(3)16(21-14)10(2)13(18(24)25)11-8-6-7-9-12(11)20/h6-10,13H,5H2,1-4H3,(H,24,25). The van der Waals surface area contributed by atoms with Crippen LogP contribution in [0.1, 0.15) is 47.6 Å². The Morgan fingerprint density at radius 2 is 1.96 bits per heavy atom. The molecule has 2 rings (SSSR count). The van der Waals surface area contributed by atoms with Gasteiger partial charge in [0.1, 0.15) is 5.82 Å². The van der Waals surface area contributed by atoms with Crippen LogP contribution in [0, 0.1) is 0 Å². The van der Waals surface area contributed by atoms with Gasteiger partial charge in [-0.1, -0.05) is 36.7 Å². The van der Waals surface area contributed by atoms with Crippen LogP contribution in [0.25, 0.3) is 0 Å². The van der Waals surface area contributed by atoms with E-state index >= 15 is 0 Å². The van der Waals surface area contributed by atoms with Crippen molar-refractivity contribution < 1.29 is 24.2 Å². The molecule has 150 valence electrons. The minimum absolute atomic E-state index is 0.0845. The summed E-state index contributed by atoms with van der Waals surface area (Å²) in [5.41, 5.74) is -0.532. The van der Waals surface area contributed by atoms with Crippen molar-refractivity contribution in [2.75, 3.05) is 13.7 Å². The number of ether oxygens (including phenoxy) is 2. The number of hydrogen-bond acceptors (Lipinski definition) is 6. The third kappa shape index (κ3) is 4.01. The Balaban J connectivity index is 2.68. The number of halogens is 1. The molecule has 2 unspecified atom stereocenters. The van der Waals surface area contributed by atoms with Crippen LogP contribution in [-0.4, -0.2) is 40.3 Å². The molecular formula is C19H21ClN2O6. The molecule has 0 aliphatic rings. The predicted molar refractivity (Wildman–Crippen MR) is 102 cm³/mol. The number of carboxylic acid groups (broad SMARTS) is 1. The molecule has 0 bridgehead atoms. The van der Waals surface area contributed by atoms with Gasteiger partial charge in [-0.3, -0.25) is 14.2 Å². The number of esters is 1. The quantitative estimate of drug-likeness (QED) is 0.701. The molecule has 0 radical (unpaired) electrons. The zero-order chi connectivity index (χ0) is 21.0. The summed E-state index contributed by atoms with van der Waals surface area (Å²) >= 11 is 6.19. The largest absolute Gasteiger partial charge is 0.489 e. The number of aliphatic carboxylic acids is 1. The first-order valence-electron chi connectivity index (χ1n) is 8.53. The number of aromatic nitrogens is 2. The van der Waals surface area contributed by atoms with Crippen molar-refractivity contribution >= 4 is 23.5 Å². The zero-order valence-electron chi connectivity index (χ0n) is 15.9. The van der Waals surface area contributed by atoms with Crippen LogP contribution in [0.15, 0.2) is 29.1 Å². The van der Waals surface area contributed by atoms with Crippen molar-refractivity contribution in [1.29, 1.82) is 0 Å². The SMILES string of the molecule is CCOC(=O)c1nc(C(C)C(C(=O)O)c2ccccc2Cl)n(C)c(=O)c1OC. The van der Waals surface area contributed by atoms with Gasteiger partial charge < -0.3 is 14.6 Å². The van der Waals surface area contributed by atoms with Gasteiger partial charge in [-0.25, -0.2) is 9.78 Å². The van der Waals surface area contributed by atoms with E-state index in [2.05, 4.69) is 4.98 Å². The van der Waals surface area contributed by atoms with E-state index < -0.39 is 29.3 Å². The van der Waals surface area contributed by atoms with Gasteiger partial charge in [-0.05, 0) is 18.6 Å². The summed E-state index contributed by atoms with van der Waals surface area (Å²) in [6.45, 7) is 3.30. The van der Waals surface area contributed by atoms with Crippen molar-refractivity contribution in [2.45, 2.75) is 25.7 Å². The molecule has 0 amide bonds. The van der Waals surface area contributed by atoms with E-state index in [4.69, 9.17) is 21.1 Å². The fourth-order valence-corrected chi connectivity index (χ4v) is 3.27. The molecule has 0 fully saturated rings. The normalized spacial score (nSPS) is 12.9. The summed E-state index contributed by atoms with van der Waals surface area (Å²) in [4.78, 5) is 41.2. The highest BCUT2D eigenvalue weighted by atomic mass is 35.5. The Labute approximate surface area is 166 Å². The molecule has 2 aromatic rings. The van der Waals surface area contributed by atoms with Crippen molar-refractivity contribution in [3.63, 3.8) is 0 Å². The summed E-state index contributed by atoms with van der Waals surface area (Å²) < 4.78 is 11.1. The van der Waals surface area contributed by atoms with E-state index in [1.165, 1.54) is 18.7 Å². The monoisotopic (exact) mass is 408 g/mol. The Bertz CT molecular complexity index is 956. The lowest BCUT2D eigenvalue weighted by molar-refractivity contribution is -0.139. The molecule has 0 saturated heterocycles. The first-order valence-corrected chi connectivity index (χ1v) is 8.91. The third-order valence-electron chi connectivity index (χ3n) is 4.37. The average Bonchev–Trinajstić information content (AvgIpc) is 2.65. The number of carboxylic acids is 1. The van der Waals surface area contributed by atoms with Crippen LogP contribution < -0.4 is 10.3 Å². The number of hydrogen-bond donors (Lipinski definition) is 1. The van der Waals surface area contributed by atoms with Crippen molar-refractivity contribution in [1.82, 2.24) is 9.55 Å². The van der Waals surface area contributed by atoms with E-state index in [0.29, 0.717) is 5.56 Å². The molecule has 9 heteroatoms. The number of carbonyl (C=O) groups excluding carboxylic acids is 1. The highest BCUT2D eigenvalue weighted by Crippen LogP contribution is 2.36. The lowest BCUT2D eigenvalue weighted by Gasteiger charge is -2.23. The van der Waals surface area contributed by atoms with E-state index in [1.807, 2.05) is 0 Å². The number of benzene rings is 1. The van der Waals surface area contributed by atoms with Crippen LogP contribution in [0.4, 0.5) is 0 Å². The fourth-order valence-electron chi connectivity index (χ4n) is 3.02. The van der Waals surface area contributed by atoms with Gasteiger partial charge in [0.15, 0.2) is 5.69 Å². The molecule has 0 saturated carbocycles. The maximum Gasteiger partial charge on any atom is 0.361 e. The van der Waals surface area contributed by atoms with Crippen LogP contribution in [-0.2, 0) is 16.6 Å². The zero-order valence-corrected chi connectivity index (χ0v) is 16.7. The van der Waals surface area contributed by atoms with Crippen molar-refractivity contribution in [3.8, 4) is 5.75 Å². The molecular weight excluding hydrogens is 388 g/mol. The van der Waals surface area contributed by atoms with Gasteiger partial charge in [-0.15, -0.1) is 0 Å². The minimum Gasteiger partial charge on any atom is -0.489 e. The average molecular weight is 409 g/mol. The maximum absolute atomic E-state index is 12.7. The molecule has 8 nitrogen and oxygen atoms in total. The molecule has 1 aromatic heterocycles. The highest BCUT2D eigenvalue weighted by molar-refractivity contribution is 6.31. The Hall–Kier alpha value is -2.87. The summed E-state index contributed by atoms with van der Waals surface area (Å²) in [7, 11) is 2.68. The smallest absolute Gasteiger partial charge is 0.361 e. The van der Waals surface area contributed by atoms with E-state index in [1.54, 1.807) is 38.1 Å². The predicted octanol–water partition coefficient (Wildman–Crippen LogP) is 2.59. The first kappa shape index (κ1) is 21.4. The second kappa shape index (κ2) is 8.88. The molecule has 1 N–H and O–H groups in total. The Kier molecular flexibility index (Phi) is 6.80. The number of nitrogens with zero attached hydrogens (tertiary/aromatic N) is 2. The van der Waals surface area contributed by atoms with Gasteiger partial charge >= 0.3 is 11.9 Å². The van der Waals surface area contributed by atoms with E-state index in [9.17, 15) is 19.5 Å². The molecule has 0 aliphatic carbocycles. The number of methoxy groups -OCH3 is 1. The van der Waals surface area contributed by atoms with Crippen LogP contribution in [0.5, 0.6) is 5.75 Å². The molecule has 0 spiro atoms. The van der Waals surface area contributed by atoms with Gasteiger partial charge in [0.25, 0.3) is 5.56 Å². The third-order valence-corrected chi connectivity index (χ3v) is 4.71. The van der Waals surface area contributed by atoms with Crippen molar-refractivity contribution in [2.24, 2.45) is 7.05 Å². The fraction of sp³-hybridized carbons (Fsp3) is 0.368. The molecule has 1 aromatic carbocycles. The van der Waals surface area contributed by atoms with Gasteiger partial charge in [0.2, 0.25) is 5.75 Å². The maximum atomic E-state index is 12.7. The number of carbonyl (C=O) groups is 2. The van der Waals surface area contributed by atoms with Gasteiger partial charge in [0.05, 0.1) is 19.6 Å². The van der Waals surface area contributed by atoms with E-state index in [0.717, 1.165) is 0 Å². The molecule has 0 aliphatic heterocycles. The number of rotatable bonds is 7. The van der Waals surface area contributed by atoms with Crippen LogP contribution in [0.3, 0.4) is 0 Å². The Morgan fingerprint density at radius 1 is 1.32 bits per heavy atom. The van der Waals surface area contributed by atoms with Gasteiger partial charge in [-0.2, -0.15) is 0 Å². The highest BCUT2D eigenvalue weighted by Gasteiger charge is 2.34. The first-order chi connectivity index (χ1) is 13.2. The van der Waals surface area contributed by atoms with Crippen LogP contribution in [0.2, 0.25) is 5.02 Å². The summed E-state index contributed by atoms with van der Waals surface area (Å²) in [6, 6.07) is 6.56. The summed E-state index contributed by atoms with van der Waals surface area (Å²) in [5, 5.41) is 10.1. The summed E-state index contributed by atoms with van der Waals surface area (Å²) in [5.74, 6) is -3.99. The van der Waals surface area contributed by atoms with Crippen LogP contribution >= 0.6 is 11.6 Å². The second-order valence-electron chi connectivity index (χ2n) is 6.06. The molecule has 1 heterocycles. The second-order valence-corrected chi connectivity index (χ2v) is 6.47. The summed E-state index contributed by atoms with van der Waals surface area (Å²) in [6.07, 6.45) is 0. The lowest BCUT2D eigenvalue weighted by Crippen LogP contribution is -2.31. The van der Waals surface area contributed by atoms with E-state index in [-0.39, 0.29) is 28.9 Å². The van der Waals surface area contributed by atoms with Gasteiger partial charge in [0, 0.05) is 18.0 Å². The topological polar surface area (TPSA) is 108 Å². The molecule has 28 heavy (non-hydrogen) atoms. The van der Waals surface area contributed by atoms with Crippen molar-refractivity contribution in [3.05, 3.63) is 56.7 Å².